The molecule has 1 aliphatic carbocycles. The van der Waals surface area contributed by atoms with Gasteiger partial charge in [-0.25, -0.2) is 9.59 Å². The summed E-state index contributed by atoms with van der Waals surface area (Å²) < 4.78 is 4.30. The fraction of sp³-hybridized carbons (Fsp3) is 0. The Kier molecular flexibility index (Phi) is 0.986. The number of allylic oxidation sites excluding steroid dienone is 2. The van der Waals surface area contributed by atoms with Gasteiger partial charge in [0.1, 0.15) is 5.57 Å². The van der Waals surface area contributed by atoms with Crippen LogP contribution in [0.1, 0.15) is 0 Å². The number of carbonyl (C=O) groups excluding carboxylic acids is 2. The standard InChI is InChI=1S/C8H2O3/c9-7-5-3-1-2-4-6(5)8(10)11-7/h1,3H. The number of cyclic esters (lactones) is 2. The molecule has 0 saturated carbocycles. The van der Waals surface area contributed by atoms with Crippen molar-refractivity contribution in [1.82, 2.24) is 0 Å². The summed E-state index contributed by atoms with van der Waals surface area (Å²) in [5.74, 6) is -1.24. The highest BCUT2D eigenvalue weighted by Gasteiger charge is 2.33. The molecule has 52 valence electrons. The summed E-state index contributed by atoms with van der Waals surface area (Å²) in [5.41, 5.74) is 5.52. The van der Waals surface area contributed by atoms with Crippen LogP contribution in [0, 0.1) is 0 Å². The van der Waals surface area contributed by atoms with Crippen LogP contribution in [0.3, 0.4) is 0 Å². The van der Waals surface area contributed by atoms with Gasteiger partial charge < -0.3 is 4.74 Å². The SMILES string of the molecule is O=C1OC(=O)C2=CC=C=C=C12. The Labute approximate surface area is 62.0 Å². The van der Waals surface area contributed by atoms with Crippen molar-refractivity contribution in [3.05, 3.63) is 34.8 Å². The minimum atomic E-state index is -0.637. The van der Waals surface area contributed by atoms with E-state index in [1.54, 1.807) is 0 Å². The fourth-order valence-electron chi connectivity index (χ4n) is 0.911. The summed E-state index contributed by atoms with van der Waals surface area (Å²) in [6, 6.07) is 0. The van der Waals surface area contributed by atoms with E-state index in [0.717, 1.165) is 0 Å². The number of hydrogen-bond acceptors (Lipinski definition) is 3. The number of rotatable bonds is 0. The molecule has 0 aromatic heterocycles. The Bertz CT molecular complexity index is 386. The van der Waals surface area contributed by atoms with Crippen LogP contribution in [-0.2, 0) is 14.3 Å². The summed E-state index contributed by atoms with van der Waals surface area (Å²) >= 11 is 0. The third-order valence-corrected chi connectivity index (χ3v) is 1.41. The maximum atomic E-state index is 10.8. The number of carbonyl (C=O) groups is 2. The normalized spacial score (nSPS) is 19.3. The van der Waals surface area contributed by atoms with E-state index in [9.17, 15) is 9.59 Å². The van der Waals surface area contributed by atoms with Crippen molar-refractivity contribution in [2.24, 2.45) is 0 Å². The molecule has 2 aliphatic rings. The zero-order chi connectivity index (χ0) is 7.84. The van der Waals surface area contributed by atoms with Crippen molar-refractivity contribution in [3.63, 3.8) is 0 Å². The molecule has 3 heteroatoms. The van der Waals surface area contributed by atoms with Crippen molar-refractivity contribution < 1.29 is 14.3 Å². The molecular weight excluding hydrogens is 144 g/mol. The second kappa shape index (κ2) is 1.83. The van der Waals surface area contributed by atoms with Gasteiger partial charge in [0, 0.05) is 0 Å². The zero-order valence-electron chi connectivity index (χ0n) is 5.38. The van der Waals surface area contributed by atoms with Gasteiger partial charge in [-0.3, -0.25) is 0 Å². The van der Waals surface area contributed by atoms with Crippen molar-refractivity contribution in [1.29, 1.82) is 0 Å². The van der Waals surface area contributed by atoms with Crippen LogP contribution in [0.4, 0.5) is 0 Å². The third kappa shape index (κ3) is 0.696. The number of esters is 2. The summed E-state index contributed by atoms with van der Waals surface area (Å²) in [7, 11) is 0. The molecule has 1 aliphatic heterocycles. The molecular formula is C8H2O3. The third-order valence-electron chi connectivity index (χ3n) is 1.41. The molecule has 0 bridgehead atoms. The van der Waals surface area contributed by atoms with Gasteiger partial charge in [-0.2, -0.15) is 0 Å². The smallest absolute Gasteiger partial charge is 0.355 e. The summed E-state index contributed by atoms with van der Waals surface area (Å²) in [6.45, 7) is 0. The van der Waals surface area contributed by atoms with Crippen molar-refractivity contribution >= 4 is 11.9 Å². The Morgan fingerprint density at radius 3 is 2.82 bits per heavy atom. The van der Waals surface area contributed by atoms with Gasteiger partial charge in [-0.1, -0.05) is 11.5 Å². The minimum Gasteiger partial charge on any atom is -0.385 e. The molecule has 11 heavy (non-hydrogen) atoms. The number of fused-ring (bicyclic) bond motifs is 1. The number of ether oxygens (including phenoxy) is 1. The van der Waals surface area contributed by atoms with Gasteiger partial charge in [-0.05, 0) is 12.2 Å². The average Bonchev–Trinajstić information content (AvgIpc) is 2.30. The molecule has 1 fully saturated rings. The first-order valence-corrected chi connectivity index (χ1v) is 2.98. The largest absolute Gasteiger partial charge is 0.385 e. The van der Waals surface area contributed by atoms with Crippen LogP contribution in [0.5, 0.6) is 0 Å². The summed E-state index contributed by atoms with van der Waals surface area (Å²) in [4.78, 5) is 21.6. The van der Waals surface area contributed by atoms with E-state index in [0.29, 0.717) is 0 Å². The molecule has 0 spiro atoms. The van der Waals surface area contributed by atoms with Crippen LogP contribution < -0.4 is 0 Å². The molecule has 0 amide bonds. The molecule has 1 heterocycles. The van der Waals surface area contributed by atoms with Crippen LogP contribution >= 0.6 is 0 Å². The second-order valence-electron chi connectivity index (χ2n) is 2.07. The van der Waals surface area contributed by atoms with Gasteiger partial charge in [0.05, 0.1) is 5.57 Å². The molecule has 0 aromatic carbocycles. The lowest BCUT2D eigenvalue weighted by Crippen LogP contribution is -1.96. The maximum absolute atomic E-state index is 10.8. The first kappa shape index (κ1) is 5.93. The molecule has 0 atom stereocenters. The Morgan fingerprint density at radius 1 is 1.27 bits per heavy atom. The van der Waals surface area contributed by atoms with Crippen LogP contribution in [0.2, 0.25) is 0 Å². The van der Waals surface area contributed by atoms with E-state index in [2.05, 4.69) is 16.2 Å². The van der Waals surface area contributed by atoms with Crippen LogP contribution in [-0.4, -0.2) is 11.9 Å². The molecule has 0 N–H and O–H groups in total. The number of hydrogen-bond donors (Lipinski definition) is 0. The first-order chi connectivity index (χ1) is 5.29. The van der Waals surface area contributed by atoms with Gasteiger partial charge in [-0.15, -0.1) is 0 Å². The van der Waals surface area contributed by atoms with Gasteiger partial charge in [0.25, 0.3) is 0 Å². The molecule has 0 radical (unpaired) electrons. The Hall–Kier alpha value is -1.82. The monoisotopic (exact) mass is 146 g/mol. The highest BCUT2D eigenvalue weighted by atomic mass is 16.6. The van der Waals surface area contributed by atoms with E-state index in [-0.39, 0.29) is 11.1 Å². The topological polar surface area (TPSA) is 43.4 Å². The van der Waals surface area contributed by atoms with Crippen LogP contribution in [0.25, 0.3) is 0 Å². The van der Waals surface area contributed by atoms with E-state index in [1.807, 2.05) is 0 Å². The van der Waals surface area contributed by atoms with Crippen LogP contribution in [0.15, 0.2) is 34.8 Å². The zero-order valence-corrected chi connectivity index (χ0v) is 5.38. The molecule has 1 saturated heterocycles. The highest BCUT2D eigenvalue weighted by molar-refractivity contribution is 6.18. The highest BCUT2D eigenvalue weighted by Crippen LogP contribution is 2.21. The maximum Gasteiger partial charge on any atom is 0.355 e. The fourth-order valence-corrected chi connectivity index (χ4v) is 0.911. The Morgan fingerprint density at radius 2 is 2.09 bits per heavy atom. The quantitative estimate of drug-likeness (QED) is 0.279. The Balaban J connectivity index is 2.70. The van der Waals surface area contributed by atoms with E-state index in [4.69, 9.17) is 0 Å². The average molecular weight is 146 g/mol. The van der Waals surface area contributed by atoms with Crippen molar-refractivity contribution in [2.75, 3.05) is 0 Å². The van der Waals surface area contributed by atoms with E-state index < -0.39 is 11.9 Å². The van der Waals surface area contributed by atoms with E-state index in [1.165, 1.54) is 12.2 Å². The second-order valence-corrected chi connectivity index (χ2v) is 2.07. The summed E-state index contributed by atoms with van der Waals surface area (Å²) in [6.07, 6.45) is 3.00. The van der Waals surface area contributed by atoms with Gasteiger partial charge >= 0.3 is 11.9 Å². The van der Waals surface area contributed by atoms with Gasteiger partial charge in [0.2, 0.25) is 0 Å². The van der Waals surface area contributed by atoms with Gasteiger partial charge in [0.15, 0.2) is 0 Å². The predicted molar refractivity (Wildman–Crippen MR) is 34.3 cm³/mol. The molecule has 0 aromatic rings. The first-order valence-electron chi connectivity index (χ1n) is 2.98. The van der Waals surface area contributed by atoms with E-state index >= 15 is 0 Å². The lowest BCUT2D eigenvalue weighted by Gasteiger charge is -1.86. The predicted octanol–water partition coefficient (Wildman–Crippen LogP) is 0.246. The molecule has 3 nitrogen and oxygen atoms in total. The summed E-state index contributed by atoms with van der Waals surface area (Å²) in [5, 5.41) is 0. The molecule has 2 rings (SSSR count). The minimum absolute atomic E-state index is 0.178. The van der Waals surface area contributed by atoms with Crippen molar-refractivity contribution in [3.8, 4) is 0 Å². The molecule has 0 unspecified atom stereocenters. The lowest BCUT2D eigenvalue weighted by molar-refractivity contribution is -0.149. The lowest BCUT2D eigenvalue weighted by atomic mass is 10.1. The van der Waals surface area contributed by atoms with Crippen molar-refractivity contribution in [2.45, 2.75) is 0 Å².